The van der Waals surface area contributed by atoms with Gasteiger partial charge in [-0.2, -0.15) is 13.2 Å². The molecule has 24 heavy (non-hydrogen) atoms. The van der Waals surface area contributed by atoms with Gasteiger partial charge in [0.2, 0.25) is 10.0 Å². The molecular weight excluding hydrogens is 345 g/mol. The molecule has 0 atom stereocenters. The molecule has 0 N–H and O–H groups in total. The second kappa shape index (κ2) is 5.45. The number of alkyl halides is 3. The molecule has 2 heterocycles. The number of sulfonamides is 1. The Kier molecular flexibility index (Phi) is 3.91. The Morgan fingerprint density at radius 1 is 1.21 bits per heavy atom. The summed E-state index contributed by atoms with van der Waals surface area (Å²) in [6.07, 6.45) is -2.10. The van der Waals surface area contributed by atoms with Crippen molar-refractivity contribution in [1.82, 2.24) is 4.31 Å². The lowest BCUT2D eigenvalue weighted by Gasteiger charge is -2.46. The van der Waals surface area contributed by atoms with E-state index in [9.17, 15) is 26.4 Å². The van der Waals surface area contributed by atoms with Crippen molar-refractivity contribution >= 4 is 22.0 Å². The van der Waals surface area contributed by atoms with Crippen LogP contribution < -0.4 is 4.90 Å². The van der Waals surface area contributed by atoms with Crippen LogP contribution in [0.5, 0.6) is 0 Å². The summed E-state index contributed by atoms with van der Waals surface area (Å²) in [6, 6.07) is 3.07. The fourth-order valence-electron chi connectivity index (χ4n) is 3.43. The maximum absolute atomic E-state index is 12.9. The number of carbonyl (C=O) groups is 1. The molecule has 2 saturated heterocycles. The van der Waals surface area contributed by atoms with E-state index in [1.807, 2.05) is 0 Å². The zero-order valence-corrected chi connectivity index (χ0v) is 13.8. The van der Waals surface area contributed by atoms with Gasteiger partial charge in [0.1, 0.15) is 0 Å². The van der Waals surface area contributed by atoms with E-state index in [-0.39, 0.29) is 16.7 Å². The summed E-state index contributed by atoms with van der Waals surface area (Å²) in [4.78, 5) is 12.9. The summed E-state index contributed by atoms with van der Waals surface area (Å²) in [5.41, 5.74) is -0.568. The first-order valence-electron chi connectivity index (χ1n) is 7.41. The van der Waals surface area contributed by atoms with E-state index in [1.54, 1.807) is 4.90 Å². The van der Waals surface area contributed by atoms with Crippen LogP contribution in [0.4, 0.5) is 18.9 Å². The number of carbonyl (C=O) groups excluding carboxylic acids is 1. The van der Waals surface area contributed by atoms with E-state index in [0.717, 1.165) is 18.4 Å². The minimum atomic E-state index is -4.48. The predicted molar refractivity (Wildman–Crippen MR) is 82.5 cm³/mol. The van der Waals surface area contributed by atoms with E-state index in [2.05, 4.69) is 0 Å². The van der Waals surface area contributed by atoms with Crippen molar-refractivity contribution in [2.24, 2.45) is 5.41 Å². The van der Waals surface area contributed by atoms with E-state index in [1.165, 1.54) is 10.4 Å². The highest BCUT2D eigenvalue weighted by molar-refractivity contribution is 7.88. The van der Waals surface area contributed by atoms with E-state index in [0.29, 0.717) is 38.9 Å². The number of rotatable bonds is 3. The van der Waals surface area contributed by atoms with Crippen molar-refractivity contribution in [2.45, 2.75) is 12.6 Å². The maximum atomic E-state index is 12.9. The van der Waals surface area contributed by atoms with Gasteiger partial charge in [-0.3, -0.25) is 4.79 Å². The maximum Gasteiger partial charge on any atom is 0.416 e. The highest BCUT2D eigenvalue weighted by Crippen LogP contribution is 2.43. The van der Waals surface area contributed by atoms with Gasteiger partial charge in [0.05, 0.1) is 11.8 Å². The van der Waals surface area contributed by atoms with E-state index >= 15 is 0 Å². The minimum Gasteiger partial charge on any atom is -0.370 e. The van der Waals surface area contributed by atoms with Crippen molar-refractivity contribution in [3.63, 3.8) is 0 Å². The largest absolute Gasteiger partial charge is 0.416 e. The van der Waals surface area contributed by atoms with Crippen LogP contribution >= 0.6 is 0 Å². The summed E-state index contributed by atoms with van der Waals surface area (Å²) >= 11 is 0. The van der Waals surface area contributed by atoms with Crippen LogP contribution in [-0.2, 0) is 16.2 Å². The monoisotopic (exact) mass is 362 g/mol. The van der Waals surface area contributed by atoms with Gasteiger partial charge in [-0.1, -0.05) is 0 Å². The molecule has 132 valence electrons. The van der Waals surface area contributed by atoms with Gasteiger partial charge in [-0.25, -0.2) is 12.7 Å². The van der Waals surface area contributed by atoms with Gasteiger partial charge >= 0.3 is 6.18 Å². The molecule has 0 aliphatic carbocycles. The van der Waals surface area contributed by atoms with Crippen LogP contribution in [0.25, 0.3) is 0 Å². The number of halogens is 3. The van der Waals surface area contributed by atoms with Crippen molar-refractivity contribution < 1.29 is 26.4 Å². The number of hydrogen-bond donors (Lipinski definition) is 0. The molecule has 0 saturated carbocycles. The normalized spacial score (nSPS) is 21.1. The second-order valence-corrected chi connectivity index (χ2v) is 8.57. The van der Waals surface area contributed by atoms with Gasteiger partial charge in [0.25, 0.3) is 0 Å². The number of aldehydes is 1. The Labute approximate surface area is 138 Å². The zero-order chi connectivity index (χ0) is 17.8. The van der Waals surface area contributed by atoms with E-state index < -0.39 is 21.8 Å². The highest BCUT2D eigenvalue weighted by Gasteiger charge is 2.50. The van der Waals surface area contributed by atoms with Gasteiger partial charge in [-0.15, -0.1) is 0 Å². The Bertz CT molecular complexity index is 771. The molecule has 5 nitrogen and oxygen atoms in total. The SMILES string of the molecule is CS(=O)(=O)N1CC2(CCN(c3cc(C(F)(F)F)ccc3C=O)C2)C1. The van der Waals surface area contributed by atoms with Crippen LogP contribution in [0.1, 0.15) is 22.3 Å². The molecule has 2 fully saturated rings. The molecule has 9 heteroatoms. The fraction of sp³-hybridized carbons (Fsp3) is 0.533. The van der Waals surface area contributed by atoms with Gasteiger partial charge in [-0.05, 0) is 24.6 Å². The number of nitrogens with zero attached hydrogens (tertiary/aromatic N) is 2. The van der Waals surface area contributed by atoms with Crippen molar-refractivity contribution in [3.05, 3.63) is 29.3 Å². The summed E-state index contributed by atoms with van der Waals surface area (Å²) < 4.78 is 63.1. The molecule has 2 aliphatic rings. The molecule has 1 aromatic carbocycles. The minimum absolute atomic E-state index is 0.208. The number of anilines is 1. The van der Waals surface area contributed by atoms with Crippen LogP contribution in [0.3, 0.4) is 0 Å². The first-order chi connectivity index (χ1) is 11.0. The molecule has 1 aromatic rings. The van der Waals surface area contributed by atoms with Crippen molar-refractivity contribution in [3.8, 4) is 0 Å². The lowest BCUT2D eigenvalue weighted by Crippen LogP contribution is -2.59. The molecule has 0 radical (unpaired) electrons. The van der Waals surface area contributed by atoms with Crippen LogP contribution in [-0.4, -0.2) is 51.4 Å². The average molecular weight is 362 g/mol. The lowest BCUT2D eigenvalue weighted by atomic mass is 9.81. The Balaban J connectivity index is 1.83. The van der Waals surface area contributed by atoms with E-state index in [4.69, 9.17) is 0 Å². The molecular formula is C15H17F3N2O3S. The van der Waals surface area contributed by atoms with Crippen molar-refractivity contribution in [2.75, 3.05) is 37.3 Å². The highest BCUT2D eigenvalue weighted by atomic mass is 32.2. The molecule has 0 unspecified atom stereocenters. The van der Waals surface area contributed by atoms with Gasteiger partial charge in [0, 0.05) is 42.8 Å². The summed E-state index contributed by atoms with van der Waals surface area (Å²) in [5.74, 6) is 0. The smallest absolute Gasteiger partial charge is 0.370 e. The number of benzene rings is 1. The third-order valence-electron chi connectivity index (χ3n) is 4.76. The second-order valence-electron chi connectivity index (χ2n) is 6.59. The molecule has 2 aliphatic heterocycles. The molecule has 0 bridgehead atoms. The first-order valence-corrected chi connectivity index (χ1v) is 9.25. The Morgan fingerprint density at radius 2 is 1.88 bits per heavy atom. The standard InChI is InChI=1S/C15H17F3N2O3S/c1-24(22,23)20-9-14(10-20)4-5-19(8-14)13-6-12(15(16,17)18)3-2-11(13)7-21/h2-3,6-7H,4-5,8-10H2,1H3. The quantitative estimate of drug-likeness (QED) is 0.772. The topological polar surface area (TPSA) is 57.7 Å². The van der Waals surface area contributed by atoms with Crippen LogP contribution in [0, 0.1) is 5.41 Å². The number of hydrogen-bond acceptors (Lipinski definition) is 4. The summed E-state index contributed by atoms with van der Waals surface area (Å²) in [7, 11) is -3.24. The average Bonchev–Trinajstić information content (AvgIpc) is 2.88. The van der Waals surface area contributed by atoms with Crippen molar-refractivity contribution in [1.29, 1.82) is 0 Å². The molecule has 0 aromatic heterocycles. The lowest BCUT2D eigenvalue weighted by molar-refractivity contribution is -0.137. The predicted octanol–water partition coefficient (Wildman–Crippen LogP) is 1.99. The molecule has 3 rings (SSSR count). The fourth-order valence-corrected chi connectivity index (χ4v) is 4.45. The Morgan fingerprint density at radius 3 is 2.42 bits per heavy atom. The third kappa shape index (κ3) is 3.02. The summed E-state index contributed by atoms with van der Waals surface area (Å²) in [5, 5.41) is 0. The van der Waals surface area contributed by atoms with Crippen LogP contribution in [0.2, 0.25) is 0 Å². The summed E-state index contributed by atoms with van der Waals surface area (Å²) in [6.45, 7) is 1.69. The first kappa shape index (κ1) is 17.2. The third-order valence-corrected chi connectivity index (χ3v) is 5.95. The molecule has 0 amide bonds. The van der Waals surface area contributed by atoms with Crippen LogP contribution in [0.15, 0.2) is 18.2 Å². The van der Waals surface area contributed by atoms with Gasteiger partial charge < -0.3 is 4.90 Å². The Hall–Kier alpha value is -1.61. The molecule has 1 spiro atoms. The van der Waals surface area contributed by atoms with Gasteiger partial charge in [0.15, 0.2) is 6.29 Å². The zero-order valence-electron chi connectivity index (χ0n) is 13.0.